The molecule has 0 fully saturated rings. The van der Waals surface area contributed by atoms with Crippen molar-refractivity contribution in [2.24, 2.45) is 0 Å². The fourth-order valence-corrected chi connectivity index (χ4v) is 1.21. The molecule has 0 saturated carbocycles. The van der Waals surface area contributed by atoms with E-state index in [1.807, 2.05) is 0 Å². The Morgan fingerprint density at radius 3 is 2.43 bits per heavy atom. The summed E-state index contributed by atoms with van der Waals surface area (Å²) in [6.45, 7) is 0.0633. The minimum Gasteiger partial charge on any atom is -0.390 e. The van der Waals surface area contributed by atoms with E-state index < -0.39 is 17.7 Å². The number of aliphatic hydroxyl groups excluding tert-OH is 1. The van der Waals surface area contributed by atoms with Crippen LogP contribution in [0.5, 0.6) is 0 Å². The molecule has 0 saturated heterocycles. The van der Waals surface area contributed by atoms with E-state index in [0.29, 0.717) is 0 Å². The predicted octanol–water partition coefficient (Wildman–Crippen LogP) is 1.51. The lowest BCUT2D eigenvalue weighted by Crippen LogP contribution is -2.18. The zero-order valence-corrected chi connectivity index (χ0v) is 7.84. The molecule has 0 aliphatic carbocycles. The molecule has 0 radical (unpaired) electrons. The van der Waals surface area contributed by atoms with Gasteiger partial charge in [0.1, 0.15) is 11.6 Å². The summed E-state index contributed by atoms with van der Waals surface area (Å²) in [7, 11) is 1.42. The lowest BCUT2D eigenvalue weighted by atomic mass is 10.1. The van der Waals surface area contributed by atoms with E-state index >= 15 is 0 Å². The molecular formula is C10H12F2O2. The molecule has 14 heavy (non-hydrogen) atoms. The van der Waals surface area contributed by atoms with Crippen LogP contribution >= 0.6 is 0 Å². The first kappa shape index (κ1) is 11.1. The molecule has 0 aliphatic rings. The maximum absolute atomic E-state index is 13.1. The number of aliphatic hydroxyl groups is 1. The zero-order chi connectivity index (χ0) is 10.6. The molecule has 1 unspecified atom stereocenters. The maximum Gasteiger partial charge on any atom is 0.129 e. The number of ether oxygens (including phenoxy) is 1. The maximum atomic E-state index is 13.1. The highest BCUT2D eigenvalue weighted by Gasteiger charge is 2.13. The molecule has 0 heterocycles. The molecule has 4 heteroatoms. The standard InChI is InChI=1S/C10H12F2O2/c1-14-6-7(13)5-8-9(11)3-2-4-10(8)12/h2-4,7,13H,5-6H2,1H3. The molecule has 1 aromatic rings. The minimum atomic E-state index is -0.883. The topological polar surface area (TPSA) is 29.5 Å². The van der Waals surface area contributed by atoms with Gasteiger partial charge in [-0.15, -0.1) is 0 Å². The van der Waals surface area contributed by atoms with E-state index in [2.05, 4.69) is 4.74 Å². The third-order valence-electron chi connectivity index (χ3n) is 1.86. The first-order valence-electron chi connectivity index (χ1n) is 4.25. The van der Waals surface area contributed by atoms with Crippen molar-refractivity contribution >= 4 is 0 Å². The third-order valence-corrected chi connectivity index (χ3v) is 1.86. The number of halogens is 2. The van der Waals surface area contributed by atoms with Gasteiger partial charge in [0, 0.05) is 19.1 Å². The Morgan fingerprint density at radius 2 is 1.93 bits per heavy atom. The molecule has 78 valence electrons. The highest BCUT2D eigenvalue weighted by molar-refractivity contribution is 5.20. The van der Waals surface area contributed by atoms with Crippen LogP contribution in [0.1, 0.15) is 5.56 Å². The molecule has 0 aliphatic heterocycles. The van der Waals surface area contributed by atoms with Crippen LogP contribution in [0.15, 0.2) is 18.2 Å². The Hall–Kier alpha value is -1.00. The van der Waals surface area contributed by atoms with Crippen molar-refractivity contribution in [2.75, 3.05) is 13.7 Å². The van der Waals surface area contributed by atoms with Gasteiger partial charge < -0.3 is 9.84 Å². The van der Waals surface area contributed by atoms with Crippen LogP contribution in [-0.2, 0) is 11.2 Å². The van der Waals surface area contributed by atoms with E-state index in [4.69, 9.17) is 0 Å². The van der Waals surface area contributed by atoms with Crippen molar-refractivity contribution in [1.82, 2.24) is 0 Å². The molecule has 2 nitrogen and oxygen atoms in total. The van der Waals surface area contributed by atoms with Gasteiger partial charge in [-0.3, -0.25) is 0 Å². The van der Waals surface area contributed by atoms with Crippen molar-refractivity contribution in [3.8, 4) is 0 Å². The molecule has 1 aromatic carbocycles. The lowest BCUT2D eigenvalue weighted by molar-refractivity contribution is 0.0639. The van der Waals surface area contributed by atoms with E-state index in [0.717, 1.165) is 12.1 Å². The van der Waals surface area contributed by atoms with E-state index in [1.54, 1.807) is 0 Å². The van der Waals surface area contributed by atoms with Gasteiger partial charge in [0.25, 0.3) is 0 Å². The normalized spacial score (nSPS) is 12.9. The highest BCUT2D eigenvalue weighted by atomic mass is 19.1. The third kappa shape index (κ3) is 2.75. The second kappa shape index (κ2) is 5.02. The van der Waals surface area contributed by atoms with Crippen LogP contribution in [0.2, 0.25) is 0 Å². The second-order valence-corrected chi connectivity index (χ2v) is 3.01. The minimum absolute atomic E-state index is 0.0633. The molecular weight excluding hydrogens is 190 g/mol. The van der Waals surface area contributed by atoms with E-state index in [1.165, 1.54) is 13.2 Å². The molecule has 1 atom stereocenters. The SMILES string of the molecule is COCC(O)Cc1c(F)cccc1F. The van der Waals surface area contributed by atoms with Gasteiger partial charge in [-0.25, -0.2) is 8.78 Å². The Balaban J connectivity index is 2.75. The monoisotopic (exact) mass is 202 g/mol. The zero-order valence-electron chi connectivity index (χ0n) is 7.84. The summed E-state index contributed by atoms with van der Waals surface area (Å²) in [6, 6.07) is 3.62. The lowest BCUT2D eigenvalue weighted by Gasteiger charge is -2.10. The summed E-state index contributed by atoms with van der Waals surface area (Å²) < 4.78 is 30.8. The molecule has 0 aromatic heterocycles. The molecule has 1 N–H and O–H groups in total. The smallest absolute Gasteiger partial charge is 0.129 e. The summed E-state index contributed by atoms with van der Waals surface area (Å²) in [5.41, 5.74) is -0.1000. The average Bonchev–Trinajstić information content (AvgIpc) is 2.12. The molecule has 0 amide bonds. The van der Waals surface area contributed by atoms with Gasteiger partial charge in [0.2, 0.25) is 0 Å². The Kier molecular flexibility index (Phi) is 3.98. The fraction of sp³-hybridized carbons (Fsp3) is 0.400. The van der Waals surface area contributed by atoms with Crippen molar-refractivity contribution in [1.29, 1.82) is 0 Å². The Bertz CT molecular complexity index is 282. The van der Waals surface area contributed by atoms with Crippen LogP contribution < -0.4 is 0 Å². The van der Waals surface area contributed by atoms with Gasteiger partial charge in [0.15, 0.2) is 0 Å². The van der Waals surface area contributed by atoms with Crippen molar-refractivity contribution < 1.29 is 18.6 Å². The summed E-state index contributed by atoms with van der Waals surface area (Å²) in [5.74, 6) is -1.28. The van der Waals surface area contributed by atoms with Crippen LogP contribution in [-0.4, -0.2) is 24.9 Å². The summed E-state index contributed by atoms with van der Waals surface area (Å²) >= 11 is 0. The van der Waals surface area contributed by atoms with Crippen molar-refractivity contribution in [3.63, 3.8) is 0 Å². The van der Waals surface area contributed by atoms with Crippen molar-refractivity contribution in [3.05, 3.63) is 35.4 Å². The van der Waals surface area contributed by atoms with Crippen LogP contribution in [0, 0.1) is 11.6 Å². The number of methoxy groups -OCH3 is 1. The Morgan fingerprint density at radius 1 is 1.36 bits per heavy atom. The molecule has 1 rings (SSSR count). The van der Waals surface area contributed by atoms with Gasteiger partial charge >= 0.3 is 0 Å². The van der Waals surface area contributed by atoms with Gasteiger partial charge in [-0.05, 0) is 12.1 Å². The first-order valence-corrected chi connectivity index (χ1v) is 4.25. The second-order valence-electron chi connectivity index (χ2n) is 3.01. The number of rotatable bonds is 4. The molecule has 0 bridgehead atoms. The number of hydrogen-bond donors (Lipinski definition) is 1. The van der Waals surface area contributed by atoms with Crippen LogP contribution in [0.25, 0.3) is 0 Å². The largest absolute Gasteiger partial charge is 0.390 e. The summed E-state index contributed by atoms with van der Waals surface area (Å²) in [6.07, 6.45) is -0.960. The Labute approximate surface area is 81.1 Å². The fourth-order valence-electron chi connectivity index (χ4n) is 1.21. The van der Waals surface area contributed by atoms with Crippen molar-refractivity contribution in [2.45, 2.75) is 12.5 Å². The van der Waals surface area contributed by atoms with E-state index in [-0.39, 0.29) is 18.6 Å². The van der Waals surface area contributed by atoms with Gasteiger partial charge in [-0.2, -0.15) is 0 Å². The highest BCUT2D eigenvalue weighted by Crippen LogP contribution is 2.14. The number of hydrogen-bond acceptors (Lipinski definition) is 2. The predicted molar refractivity (Wildman–Crippen MR) is 47.9 cm³/mol. The average molecular weight is 202 g/mol. The molecule has 0 spiro atoms. The summed E-state index contributed by atoms with van der Waals surface area (Å²) in [5, 5.41) is 9.29. The number of benzene rings is 1. The van der Waals surface area contributed by atoms with Crippen LogP contribution in [0.3, 0.4) is 0 Å². The van der Waals surface area contributed by atoms with Gasteiger partial charge in [0.05, 0.1) is 12.7 Å². The first-order chi connectivity index (χ1) is 6.65. The quantitative estimate of drug-likeness (QED) is 0.802. The summed E-state index contributed by atoms with van der Waals surface area (Å²) in [4.78, 5) is 0. The van der Waals surface area contributed by atoms with E-state index in [9.17, 15) is 13.9 Å². The van der Waals surface area contributed by atoms with Gasteiger partial charge in [-0.1, -0.05) is 6.07 Å². The van der Waals surface area contributed by atoms with Crippen LogP contribution in [0.4, 0.5) is 8.78 Å².